The molecule has 0 radical (unpaired) electrons. The highest BCUT2D eigenvalue weighted by Gasteiger charge is 2.31. The van der Waals surface area contributed by atoms with E-state index in [0.717, 1.165) is 16.5 Å². The number of rotatable bonds is 14. The predicted molar refractivity (Wildman–Crippen MR) is 187 cm³/mol. The predicted octanol–water partition coefficient (Wildman–Crippen LogP) is 3.32. The summed E-state index contributed by atoms with van der Waals surface area (Å²) >= 11 is 0. The van der Waals surface area contributed by atoms with Crippen LogP contribution in [-0.2, 0) is 22.6 Å². The van der Waals surface area contributed by atoms with Crippen molar-refractivity contribution in [1.29, 1.82) is 0 Å². The topological polar surface area (TPSA) is 176 Å². The molecule has 0 bridgehead atoms. The molecule has 49 heavy (non-hydrogen) atoms. The summed E-state index contributed by atoms with van der Waals surface area (Å²) in [6.07, 6.45) is -1.56. The number of hydrogen-bond acceptors (Lipinski definition) is 7. The first-order valence-electron chi connectivity index (χ1n) is 16.0. The van der Waals surface area contributed by atoms with Crippen molar-refractivity contribution < 1.29 is 29.0 Å². The van der Waals surface area contributed by atoms with Crippen LogP contribution >= 0.6 is 0 Å². The maximum Gasteiger partial charge on any atom is 0.318 e. The van der Waals surface area contributed by atoms with E-state index in [1.54, 1.807) is 37.4 Å². The number of primary amides is 1. The molecule has 3 atom stereocenters. The lowest BCUT2D eigenvalue weighted by molar-refractivity contribution is -0.128. The Morgan fingerprint density at radius 3 is 2.20 bits per heavy atom. The lowest BCUT2D eigenvalue weighted by Gasteiger charge is -2.33. The van der Waals surface area contributed by atoms with Gasteiger partial charge in [-0.3, -0.25) is 14.4 Å². The van der Waals surface area contributed by atoms with E-state index in [9.17, 15) is 24.3 Å². The number of urea groups is 1. The maximum absolute atomic E-state index is 13.8. The third-order valence-corrected chi connectivity index (χ3v) is 7.66. The molecule has 0 saturated carbocycles. The van der Waals surface area contributed by atoms with Gasteiger partial charge in [0.2, 0.25) is 11.8 Å². The monoisotopic (exact) mass is 668 g/mol. The normalized spacial score (nSPS) is 13.1. The Bertz CT molecular complexity index is 1740. The summed E-state index contributed by atoms with van der Waals surface area (Å²) in [6.45, 7) is 5.57. The summed E-state index contributed by atoms with van der Waals surface area (Å²) in [6, 6.07) is 24.3. The highest BCUT2D eigenvalue weighted by atomic mass is 16.5. The highest BCUT2D eigenvalue weighted by molar-refractivity contribution is 5.99. The van der Waals surface area contributed by atoms with Crippen molar-refractivity contribution in [3.05, 3.63) is 108 Å². The number of nitrogens with zero attached hydrogens (tertiary/aromatic N) is 2. The summed E-state index contributed by atoms with van der Waals surface area (Å²) in [7, 11) is 1.56. The Hall–Kier alpha value is -5.49. The van der Waals surface area contributed by atoms with Crippen LogP contribution in [0.3, 0.4) is 0 Å². The van der Waals surface area contributed by atoms with Gasteiger partial charge < -0.3 is 36.4 Å². The van der Waals surface area contributed by atoms with Crippen molar-refractivity contribution in [2.75, 3.05) is 13.7 Å². The number of benzene rings is 3. The smallest absolute Gasteiger partial charge is 0.318 e. The van der Waals surface area contributed by atoms with Gasteiger partial charge in [0, 0.05) is 17.5 Å². The van der Waals surface area contributed by atoms with Gasteiger partial charge in [0.1, 0.15) is 17.5 Å². The van der Waals surface area contributed by atoms with Crippen molar-refractivity contribution >= 4 is 34.7 Å². The largest absolute Gasteiger partial charge is 0.497 e. The van der Waals surface area contributed by atoms with Gasteiger partial charge in [-0.15, -0.1) is 0 Å². The molecule has 0 saturated heterocycles. The van der Waals surface area contributed by atoms with Crippen LogP contribution in [0.2, 0.25) is 0 Å². The Morgan fingerprint density at radius 1 is 0.878 bits per heavy atom. The van der Waals surface area contributed by atoms with Gasteiger partial charge >= 0.3 is 6.03 Å². The van der Waals surface area contributed by atoms with Crippen molar-refractivity contribution in [2.45, 2.75) is 63.9 Å². The zero-order valence-corrected chi connectivity index (χ0v) is 28.2. The van der Waals surface area contributed by atoms with Gasteiger partial charge in [-0.2, -0.15) is 0 Å². The molecule has 258 valence electrons. The van der Waals surface area contributed by atoms with Crippen LogP contribution in [0.15, 0.2) is 91.0 Å². The van der Waals surface area contributed by atoms with Crippen LogP contribution in [0, 0.1) is 0 Å². The SMILES string of the molecule is COc1ccc(CN(CC(O)C(Cc2ccccc2)NC(=O)C(CC(N)=O)NC(=O)c2ccc3ccccc3n2)C(=O)NC(C)(C)C)cc1. The second-order valence-electron chi connectivity index (χ2n) is 12.9. The van der Waals surface area contributed by atoms with Gasteiger partial charge in [-0.1, -0.05) is 66.7 Å². The molecule has 12 heteroatoms. The zero-order chi connectivity index (χ0) is 35.6. The van der Waals surface area contributed by atoms with Crippen LogP contribution in [0.4, 0.5) is 4.79 Å². The Labute approximate surface area is 286 Å². The van der Waals surface area contributed by atoms with E-state index in [1.807, 2.05) is 75.4 Å². The Morgan fingerprint density at radius 2 is 1.55 bits per heavy atom. The van der Waals surface area contributed by atoms with E-state index >= 15 is 0 Å². The summed E-state index contributed by atoms with van der Waals surface area (Å²) in [4.78, 5) is 58.3. The van der Waals surface area contributed by atoms with E-state index in [4.69, 9.17) is 10.5 Å². The summed E-state index contributed by atoms with van der Waals surface area (Å²) in [5.41, 5.74) is 7.18. The quantitative estimate of drug-likeness (QED) is 0.137. The minimum Gasteiger partial charge on any atom is -0.497 e. The fourth-order valence-electron chi connectivity index (χ4n) is 5.19. The van der Waals surface area contributed by atoms with Crippen LogP contribution in [0.25, 0.3) is 10.9 Å². The maximum atomic E-state index is 13.8. The molecule has 0 aliphatic carbocycles. The summed E-state index contributed by atoms with van der Waals surface area (Å²) < 4.78 is 5.25. The molecule has 12 nitrogen and oxygen atoms in total. The molecule has 0 aliphatic rings. The van der Waals surface area contributed by atoms with Crippen molar-refractivity contribution in [1.82, 2.24) is 25.8 Å². The number of ether oxygens (including phenoxy) is 1. The molecular weight excluding hydrogens is 624 g/mol. The number of methoxy groups -OCH3 is 1. The number of carbonyl (C=O) groups excluding carboxylic acids is 4. The minimum atomic E-state index is -1.36. The number of amides is 5. The number of nitrogens with one attached hydrogen (secondary N) is 3. The van der Waals surface area contributed by atoms with Gasteiger partial charge in [-0.05, 0) is 62.6 Å². The minimum absolute atomic E-state index is 0.0564. The van der Waals surface area contributed by atoms with Crippen LogP contribution in [0.5, 0.6) is 5.75 Å². The van der Waals surface area contributed by atoms with E-state index in [0.29, 0.717) is 11.3 Å². The second-order valence-corrected chi connectivity index (χ2v) is 12.9. The molecule has 4 aromatic rings. The highest BCUT2D eigenvalue weighted by Crippen LogP contribution is 2.17. The number of nitrogens with two attached hydrogens (primary N) is 1. The molecule has 6 N–H and O–H groups in total. The third-order valence-electron chi connectivity index (χ3n) is 7.66. The fourth-order valence-corrected chi connectivity index (χ4v) is 5.19. The van der Waals surface area contributed by atoms with E-state index in [2.05, 4.69) is 20.9 Å². The summed E-state index contributed by atoms with van der Waals surface area (Å²) in [5.74, 6) is -1.55. The van der Waals surface area contributed by atoms with Crippen molar-refractivity contribution in [2.24, 2.45) is 5.73 Å². The first-order valence-corrected chi connectivity index (χ1v) is 16.0. The molecule has 3 aromatic carbocycles. The van der Waals surface area contributed by atoms with Crippen LogP contribution in [-0.4, -0.2) is 76.1 Å². The third kappa shape index (κ3) is 11.0. The van der Waals surface area contributed by atoms with Gasteiger partial charge in [-0.25, -0.2) is 9.78 Å². The average molecular weight is 669 g/mol. The molecule has 1 aromatic heterocycles. The summed E-state index contributed by atoms with van der Waals surface area (Å²) in [5, 5.41) is 20.9. The number of aliphatic hydroxyl groups excluding tert-OH is 1. The van der Waals surface area contributed by atoms with Gasteiger partial charge in [0.15, 0.2) is 0 Å². The van der Waals surface area contributed by atoms with Crippen LogP contribution in [0.1, 0.15) is 48.8 Å². The first kappa shape index (κ1) is 36.3. The number of para-hydroxylation sites is 1. The van der Waals surface area contributed by atoms with Gasteiger partial charge in [0.05, 0.1) is 37.7 Å². The molecule has 5 amide bonds. The molecule has 3 unspecified atom stereocenters. The number of carbonyl (C=O) groups is 4. The van der Waals surface area contributed by atoms with Crippen LogP contribution < -0.4 is 26.4 Å². The standard InChI is InChI=1S/C37H44N6O6/c1-37(2,3)42-36(48)43(22-25-14-17-27(49-4)18-15-25)23-32(44)30(20-24-10-6-5-7-11-24)40-35(47)31(21-33(38)45)41-34(46)29-19-16-26-12-8-9-13-28(26)39-29/h5-19,30-32,44H,20-23H2,1-4H3,(H2,38,45)(H,40,47)(H,41,46)(H,42,48). The number of fused-ring (bicyclic) bond motifs is 1. The average Bonchev–Trinajstić information content (AvgIpc) is 3.06. The first-order chi connectivity index (χ1) is 23.3. The van der Waals surface area contributed by atoms with E-state index < -0.39 is 53.9 Å². The fraction of sp³-hybridized carbons (Fsp3) is 0.324. The molecule has 0 aliphatic heterocycles. The zero-order valence-electron chi connectivity index (χ0n) is 28.2. The number of hydrogen-bond donors (Lipinski definition) is 5. The molecule has 1 heterocycles. The van der Waals surface area contributed by atoms with E-state index in [1.165, 1.54) is 11.0 Å². The molecule has 0 fully saturated rings. The molecule has 4 rings (SSSR count). The Balaban J connectivity index is 1.57. The number of aliphatic hydroxyl groups is 1. The number of aromatic nitrogens is 1. The second kappa shape index (κ2) is 16.6. The Kier molecular flexibility index (Phi) is 12.3. The van der Waals surface area contributed by atoms with Crippen molar-refractivity contribution in [3.63, 3.8) is 0 Å². The van der Waals surface area contributed by atoms with Gasteiger partial charge in [0.25, 0.3) is 5.91 Å². The molecular formula is C37H44N6O6. The van der Waals surface area contributed by atoms with E-state index in [-0.39, 0.29) is 25.2 Å². The molecule has 0 spiro atoms. The number of pyridine rings is 1. The lowest BCUT2D eigenvalue weighted by atomic mass is 9.99. The van der Waals surface area contributed by atoms with Crippen molar-refractivity contribution in [3.8, 4) is 5.75 Å². The lowest BCUT2D eigenvalue weighted by Crippen LogP contribution is -2.57.